The lowest BCUT2D eigenvalue weighted by atomic mass is 10.2. The monoisotopic (exact) mass is 357 g/mol. The average Bonchev–Trinajstić information content (AvgIpc) is 2.76. The summed E-state index contributed by atoms with van der Waals surface area (Å²) in [6, 6.07) is -0.502. The van der Waals surface area contributed by atoms with Crippen LogP contribution in [0, 0.1) is 6.92 Å². The molecule has 1 aromatic heterocycles. The van der Waals surface area contributed by atoms with Gasteiger partial charge in [-0.1, -0.05) is 0 Å². The minimum atomic E-state index is -0.606. The zero-order chi connectivity index (χ0) is 18.5. The summed E-state index contributed by atoms with van der Waals surface area (Å²) in [5.74, 6) is 0. The minimum absolute atomic E-state index is 0.150. The fourth-order valence-electron chi connectivity index (χ4n) is 1.72. The SMILES string of the molecule is Cc1nc(C(CNC(=O)OC(C)(C)C)NC(=O)OC(C)(C)C)cs1. The first-order valence-electron chi connectivity index (χ1n) is 7.74. The maximum absolute atomic E-state index is 12.0. The van der Waals surface area contributed by atoms with E-state index in [0.717, 1.165) is 5.01 Å². The van der Waals surface area contributed by atoms with Crippen LogP contribution in [0.25, 0.3) is 0 Å². The first kappa shape index (κ1) is 20.2. The molecule has 1 heterocycles. The van der Waals surface area contributed by atoms with E-state index in [9.17, 15) is 9.59 Å². The molecule has 0 saturated heterocycles. The Balaban J connectivity index is 2.72. The number of hydrogen-bond donors (Lipinski definition) is 2. The Kier molecular flexibility index (Phi) is 6.59. The quantitative estimate of drug-likeness (QED) is 0.860. The van der Waals surface area contributed by atoms with Crippen LogP contribution in [-0.4, -0.2) is 34.9 Å². The van der Waals surface area contributed by atoms with Crippen LogP contribution in [0.1, 0.15) is 58.3 Å². The molecular weight excluding hydrogens is 330 g/mol. The average molecular weight is 357 g/mol. The van der Waals surface area contributed by atoms with E-state index >= 15 is 0 Å². The number of alkyl carbamates (subject to hydrolysis) is 2. The van der Waals surface area contributed by atoms with Gasteiger partial charge in [-0.05, 0) is 48.5 Å². The maximum Gasteiger partial charge on any atom is 0.408 e. The smallest absolute Gasteiger partial charge is 0.408 e. The van der Waals surface area contributed by atoms with Crippen molar-refractivity contribution >= 4 is 23.5 Å². The Bertz CT molecular complexity index is 573. The molecular formula is C16H27N3O4S. The summed E-state index contributed by atoms with van der Waals surface area (Å²) in [7, 11) is 0. The molecule has 2 N–H and O–H groups in total. The molecule has 0 aliphatic carbocycles. The lowest BCUT2D eigenvalue weighted by Gasteiger charge is -2.24. The van der Waals surface area contributed by atoms with Crippen molar-refractivity contribution < 1.29 is 19.1 Å². The van der Waals surface area contributed by atoms with Crippen LogP contribution in [0.15, 0.2) is 5.38 Å². The van der Waals surface area contributed by atoms with Gasteiger partial charge in [0.25, 0.3) is 0 Å². The van der Waals surface area contributed by atoms with Gasteiger partial charge in [-0.3, -0.25) is 0 Å². The van der Waals surface area contributed by atoms with Crippen LogP contribution in [0.3, 0.4) is 0 Å². The molecule has 7 nitrogen and oxygen atoms in total. The Hall–Kier alpha value is -1.83. The van der Waals surface area contributed by atoms with Gasteiger partial charge in [0.15, 0.2) is 0 Å². The largest absolute Gasteiger partial charge is 0.444 e. The number of amides is 2. The highest BCUT2D eigenvalue weighted by atomic mass is 32.1. The second-order valence-corrected chi connectivity index (χ2v) is 8.44. The normalized spacial score (nSPS) is 13.1. The number of carbonyl (C=O) groups excluding carboxylic acids is 2. The van der Waals surface area contributed by atoms with Gasteiger partial charge in [0.1, 0.15) is 11.2 Å². The molecule has 0 bridgehead atoms. The third kappa shape index (κ3) is 8.14. The molecule has 1 rings (SSSR count). The van der Waals surface area contributed by atoms with Gasteiger partial charge >= 0.3 is 12.2 Å². The Morgan fingerprint density at radius 2 is 1.67 bits per heavy atom. The fraction of sp³-hybridized carbons (Fsp3) is 0.688. The molecule has 1 aromatic rings. The molecule has 0 fully saturated rings. The minimum Gasteiger partial charge on any atom is -0.444 e. The Morgan fingerprint density at radius 3 is 2.12 bits per heavy atom. The van der Waals surface area contributed by atoms with Crippen molar-refractivity contribution in [3.63, 3.8) is 0 Å². The molecule has 2 amide bonds. The zero-order valence-corrected chi connectivity index (χ0v) is 16.2. The maximum atomic E-state index is 12.0. The van der Waals surface area contributed by atoms with Gasteiger partial charge in [-0.2, -0.15) is 0 Å². The fourth-order valence-corrected chi connectivity index (χ4v) is 2.39. The zero-order valence-electron chi connectivity index (χ0n) is 15.4. The Morgan fingerprint density at radius 1 is 1.12 bits per heavy atom. The summed E-state index contributed by atoms with van der Waals surface area (Å²) in [5, 5.41) is 8.10. The number of ether oxygens (including phenoxy) is 2. The Labute approximate surface area is 147 Å². The molecule has 8 heteroatoms. The number of rotatable bonds is 4. The van der Waals surface area contributed by atoms with Crippen LogP contribution in [-0.2, 0) is 9.47 Å². The van der Waals surface area contributed by atoms with E-state index in [1.165, 1.54) is 11.3 Å². The summed E-state index contributed by atoms with van der Waals surface area (Å²) < 4.78 is 10.5. The molecule has 0 radical (unpaired) electrons. The van der Waals surface area contributed by atoms with E-state index in [0.29, 0.717) is 5.69 Å². The van der Waals surface area contributed by atoms with Crippen molar-refractivity contribution in [2.75, 3.05) is 6.54 Å². The van der Waals surface area contributed by atoms with Crippen LogP contribution >= 0.6 is 11.3 Å². The first-order chi connectivity index (χ1) is 10.9. The van der Waals surface area contributed by atoms with Crippen LogP contribution < -0.4 is 10.6 Å². The third-order valence-electron chi connectivity index (χ3n) is 2.53. The molecule has 0 spiro atoms. The van der Waals surface area contributed by atoms with Gasteiger partial charge in [-0.25, -0.2) is 14.6 Å². The molecule has 0 saturated carbocycles. The molecule has 1 unspecified atom stereocenters. The summed E-state index contributed by atoms with van der Waals surface area (Å²) in [5.41, 5.74) is -0.528. The second kappa shape index (κ2) is 7.83. The lowest BCUT2D eigenvalue weighted by Crippen LogP contribution is -2.42. The van der Waals surface area contributed by atoms with Crippen molar-refractivity contribution in [2.45, 2.75) is 65.7 Å². The second-order valence-electron chi connectivity index (χ2n) is 7.37. The highest BCUT2D eigenvalue weighted by Crippen LogP contribution is 2.17. The van der Waals surface area contributed by atoms with Crippen molar-refractivity contribution in [1.29, 1.82) is 0 Å². The predicted octanol–water partition coefficient (Wildman–Crippen LogP) is 3.54. The third-order valence-corrected chi connectivity index (χ3v) is 3.33. The van der Waals surface area contributed by atoms with Crippen LogP contribution in [0.4, 0.5) is 9.59 Å². The van der Waals surface area contributed by atoms with Gasteiger partial charge in [0.05, 0.1) is 16.7 Å². The van der Waals surface area contributed by atoms with Gasteiger partial charge in [-0.15, -0.1) is 11.3 Å². The van der Waals surface area contributed by atoms with E-state index in [1.807, 2.05) is 12.3 Å². The standard InChI is InChI=1S/C16H27N3O4S/c1-10-18-12(9-24-10)11(19-14(21)23-16(5,6)7)8-17-13(20)22-15(2,3)4/h9,11H,8H2,1-7H3,(H,17,20)(H,19,21). The van der Waals surface area contributed by atoms with Crippen molar-refractivity contribution in [2.24, 2.45) is 0 Å². The van der Waals surface area contributed by atoms with Gasteiger partial charge in [0, 0.05) is 11.9 Å². The van der Waals surface area contributed by atoms with Crippen molar-refractivity contribution in [3.05, 3.63) is 16.1 Å². The van der Waals surface area contributed by atoms with Crippen molar-refractivity contribution in [3.8, 4) is 0 Å². The molecule has 0 aliphatic rings. The highest BCUT2D eigenvalue weighted by Gasteiger charge is 2.23. The summed E-state index contributed by atoms with van der Waals surface area (Å²) in [6.45, 7) is 12.7. The predicted molar refractivity (Wildman–Crippen MR) is 93.2 cm³/mol. The lowest BCUT2D eigenvalue weighted by molar-refractivity contribution is 0.0462. The molecule has 0 aliphatic heterocycles. The van der Waals surface area contributed by atoms with E-state index in [2.05, 4.69) is 15.6 Å². The highest BCUT2D eigenvalue weighted by molar-refractivity contribution is 7.09. The number of thiazole rings is 1. The first-order valence-corrected chi connectivity index (χ1v) is 8.62. The van der Waals surface area contributed by atoms with Crippen molar-refractivity contribution in [1.82, 2.24) is 15.6 Å². The number of aromatic nitrogens is 1. The van der Waals surface area contributed by atoms with Gasteiger partial charge in [0.2, 0.25) is 0 Å². The molecule has 0 aromatic carbocycles. The molecule has 24 heavy (non-hydrogen) atoms. The topological polar surface area (TPSA) is 89.5 Å². The van der Waals surface area contributed by atoms with Crippen LogP contribution in [0.5, 0.6) is 0 Å². The molecule has 136 valence electrons. The number of nitrogens with zero attached hydrogens (tertiary/aromatic N) is 1. The van der Waals surface area contributed by atoms with E-state index in [-0.39, 0.29) is 6.54 Å². The number of nitrogens with one attached hydrogen (secondary N) is 2. The van der Waals surface area contributed by atoms with Crippen LogP contribution in [0.2, 0.25) is 0 Å². The van der Waals surface area contributed by atoms with E-state index in [4.69, 9.17) is 9.47 Å². The van der Waals surface area contributed by atoms with Gasteiger partial charge < -0.3 is 20.1 Å². The number of hydrogen-bond acceptors (Lipinski definition) is 6. The summed E-state index contributed by atoms with van der Waals surface area (Å²) >= 11 is 1.47. The number of carbonyl (C=O) groups is 2. The summed E-state index contributed by atoms with van der Waals surface area (Å²) in [4.78, 5) is 28.2. The summed E-state index contributed by atoms with van der Waals surface area (Å²) in [6.07, 6.45) is -1.12. The van der Waals surface area contributed by atoms with E-state index < -0.39 is 29.4 Å². The van der Waals surface area contributed by atoms with E-state index in [1.54, 1.807) is 41.5 Å². The number of aryl methyl sites for hydroxylation is 1. The molecule has 1 atom stereocenters.